The number of aromatic carboxylic acids is 1. The number of ether oxygens (including phenoxy) is 1. The topological polar surface area (TPSA) is 72.3 Å². The average molecular weight is 258 g/mol. The van der Waals surface area contributed by atoms with Crippen molar-refractivity contribution < 1.29 is 14.6 Å². The lowest BCUT2D eigenvalue weighted by Gasteiger charge is -2.12. The molecule has 0 saturated heterocycles. The molecule has 1 aromatic carbocycles. The summed E-state index contributed by atoms with van der Waals surface area (Å²) in [5, 5.41) is 8.87. The first-order valence-electron chi connectivity index (χ1n) is 5.79. The molecule has 0 aliphatic heterocycles. The number of aryl methyl sites for hydroxylation is 2. The predicted molar refractivity (Wildman–Crippen MR) is 69.7 cm³/mol. The number of hydrogen-bond donors (Lipinski definition) is 1. The minimum absolute atomic E-state index is 0.138. The fraction of sp³-hybridized carbons (Fsp3) is 0.214. The SMILES string of the molecule is Cc1ccc(C)c(Oc2cncc(C(=O)O)n2)c1C. The van der Waals surface area contributed by atoms with Crippen molar-refractivity contribution in [3.63, 3.8) is 0 Å². The van der Waals surface area contributed by atoms with E-state index in [9.17, 15) is 4.79 Å². The van der Waals surface area contributed by atoms with Crippen molar-refractivity contribution in [3.8, 4) is 11.6 Å². The van der Waals surface area contributed by atoms with Gasteiger partial charge in [0, 0.05) is 0 Å². The molecule has 0 aliphatic carbocycles. The van der Waals surface area contributed by atoms with Crippen LogP contribution in [0.5, 0.6) is 11.6 Å². The molecule has 19 heavy (non-hydrogen) atoms. The predicted octanol–water partition coefficient (Wildman–Crippen LogP) is 2.89. The molecule has 5 nitrogen and oxygen atoms in total. The van der Waals surface area contributed by atoms with Gasteiger partial charge in [0.2, 0.25) is 5.88 Å². The van der Waals surface area contributed by atoms with Crippen LogP contribution in [0.4, 0.5) is 0 Å². The fourth-order valence-electron chi connectivity index (χ4n) is 1.69. The molecule has 98 valence electrons. The highest BCUT2D eigenvalue weighted by Gasteiger charge is 2.11. The molecule has 5 heteroatoms. The monoisotopic (exact) mass is 258 g/mol. The molecule has 2 rings (SSSR count). The van der Waals surface area contributed by atoms with E-state index in [1.807, 2.05) is 32.9 Å². The normalized spacial score (nSPS) is 10.3. The second-order valence-corrected chi connectivity index (χ2v) is 4.30. The molecule has 0 atom stereocenters. The molecule has 1 N–H and O–H groups in total. The first kappa shape index (κ1) is 13.0. The molecule has 0 aliphatic rings. The number of nitrogens with zero attached hydrogens (tertiary/aromatic N) is 2. The summed E-state index contributed by atoms with van der Waals surface area (Å²) >= 11 is 0. The first-order chi connectivity index (χ1) is 8.99. The van der Waals surface area contributed by atoms with Gasteiger partial charge in [-0.3, -0.25) is 4.98 Å². The maximum Gasteiger partial charge on any atom is 0.356 e. The van der Waals surface area contributed by atoms with Gasteiger partial charge >= 0.3 is 5.97 Å². The number of hydrogen-bond acceptors (Lipinski definition) is 4. The molecule has 0 spiro atoms. The van der Waals surface area contributed by atoms with Crippen LogP contribution in [0.1, 0.15) is 27.2 Å². The summed E-state index contributed by atoms with van der Waals surface area (Å²) in [6.45, 7) is 5.86. The highest BCUT2D eigenvalue weighted by Crippen LogP contribution is 2.29. The van der Waals surface area contributed by atoms with Gasteiger partial charge in [0.1, 0.15) is 5.75 Å². The van der Waals surface area contributed by atoms with Crippen molar-refractivity contribution >= 4 is 5.97 Å². The lowest BCUT2D eigenvalue weighted by Crippen LogP contribution is -2.03. The number of benzene rings is 1. The summed E-state index contributed by atoms with van der Waals surface area (Å²) in [6, 6.07) is 3.96. The minimum atomic E-state index is -1.13. The first-order valence-corrected chi connectivity index (χ1v) is 5.79. The Bertz CT molecular complexity index is 639. The van der Waals surface area contributed by atoms with Gasteiger partial charge in [0.15, 0.2) is 5.69 Å². The van der Waals surface area contributed by atoms with Crippen molar-refractivity contribution in [1.29, 1.82) is 0 Å². The number of carbonyl (C=O) groups is 1. The summed E-state index contributed by atoms with van der Waals surface area (Å²) < 4.78 is 5.67. The van der Waals surface area contributed by atoms with Crippen LogP contribution in [0, 0.1) is 20.8 Å². The van der Waals surface area contributed by atoms with Crippen LogP contribution in [-0.2, 0) is 0 Å². The molecule has 0 unspecified atom stereocenters. The fourth-order valence-corrected chi connectivity index (χ4v) is 1.69. The van der Waals surface area contributed by atoms with E-state index in [2.05, 4.69) is 9.97 Å². The largest absolute Gasteiger partial charge is 0.476 e. The van der Waals surface area contributed by atoms with E-state index in [-0.39, 0.29) is 11.6 Å². The van der Waals surface area contributed by atoms with Crippen molar-refractivity contribution in [3.05, 3.63) is 46.9 Å². The summed E-state index contributed by atoms with van der Waals surface area (Å²) in [7, 11) is 0. The number of carboxylic acids is 1. The Labute approximate surface area is 110 Å². The van der Waals surface area contributed by atoms with E-state index >= 15 is 0 Å². The Morgan fingerprint density at radius 2 is 1.84 bits per heavy atom. The second-order valence-electron chi connectivity index (χ2n) is 4.30. The van der Waals surface area contributed by atoms with Crippen molar-refractivity contribution in [2.24, 2.45) is 0 Å². The van der Waals surface area contributed by atoms with E-state index < -0.39 is 5.97 Å². The van der Waals surface area contributed by atoms with Crippen molar-refractivity contribution in [2.75, 3.05) is 0 Å². The zero-order valence-corrected chi connectivity index (χ0v) is 11.0. The Balaban J connectivity index is 2.39. The minimum Gasteiger partial charge on any atom is -0.476 e. The van der Waals surface area contributed by atoms with Gasteiger partial charge in [-0.15, -0.1) is 0 Å². The molecule has 0 saturated carbocycles. The molecule has 0 fully saturated rings. The number of aromatic nitrogens is 2. The second kappa shape index (κ2) is 5.06. The highest BCUT2D eigenvalue weighted by molar-refractivity contribution is 5.84. The van der Waals surface area contributed by atoms with Gasteiger partial charge in [-0.2, -0.15) is 0 Å². The summed E-state index contributed by atoms with van der Waals surface area (Å²) in [5.41, 5.74) is 2.93. The van der Waals surface area contributed by atoms with E-state index in [4.69, 9.17) is 9.84 Å². The lowest BCUT2D eigenvalue weighted by atomic mass is 10.1. The van der Waals surface area contributed by atoms with Gasteiger partial charge in [0.05, 0.1) is 12.4 Å². The lowest BCUT2D eigenvalue weighted by molar-refractivity contribution is 0.0689. The molecule has 2 aromatic rings. The van der Waals surface area contributed by atoms with E-state index in [0.717, 1.165) is 16.7 Å². The van der Waals surface area contributed by atoms with Gasteiger partial charge in [-0.25, -0.2) is 9.78 Å². The Morgan fingerprint density at radius 3 is 2.53 bits per heavy atom. The Morgan fingerprint density at radius 1 is 1.16 bits per heavy atom. The highest BCUT2D eigenvalue weighted by atomic mass is 16.5. The van der Waals surface area contributed by atoms with Gasteiger partial charge in [-0.1, -0.05) is 12.1 Å². The third-order valence-electron chi connectivity index (χ3n) is 2.91. The van der Waals surface area contributed by atoms with Crippen LogP contribution in [0.15, 0.2) is 24.5 Å². The smallest absolute Gasteiger partial charge is 0.356 e. The summed E-state index contributed by atoms with van der Waals surface area (Å²) in [5.74, 6) is -0.260. The number of carboxylic acid groups (broad SMARTS) is 1. The van der Waals surface area contributed by atoms with Crippen LogP contribution in [0.3, 0.4) is 0 Å². The molecule has 0 amide bonds. The standard InChI is InChI=1S/C14H14N2O3/c1-8-4-5-9(2)13(10(8)3)19-12-7-15-6-11(16-12)14(17)18/h4-7H,1-3H3,(H,17,18). The van der Waals surface area contributed by atoms with Crippen molar-refractivity contribution in [1.82, 2.24) is 9.97 Å². The maximum atomic E-state index is 10.8. The van der Waals surface area contributed by atoms with Crippen molar-refractivity contribution in [2.45, 2.75) is 20.8 Å². The third kappa shape index (κ3) is 2.70. The van der Waals surface area contributed by atoms with Crippen LogP contribution in [0.25, 0.3) is 0 Å². The van der Waals surface area contributed by atoms with Gasteiger partial charge in [0.25, 0.3) is 0 Å². The van der Waals surface area contributed by atoms with E-state index in [1.54, 1.807) is 0 Å². The Kier molecular flexibility index (Phi) is 3.46. The summed E-state index contributed by atoms with van der Waals surface area (Å²) in [4.78, 5) is 18.5. The molecule has 0 radical (unpaired) electrons. The summed E-state index contributed by atoms with van der Waals surface area (Å²) in [6.07, 6.45) is 2.58. The third-order valence-corrected chi connectivity index (χ3v) is 2.91. The maximum absolute atomic E-state index is 10.8. The average Bonchev–Trinajstić information content (AvgIpc) is 2.39. The van der Waals surface area contributed by atoms with Crippen LogP contribution >= 0.6 is 0 Å². The van der Waals surface area contributed by atoms with Gasteiger partial charge < -0.3 is 9.84 Å². The zero-order valence-electron chi connectivity index (χ0n) is 11.0. The molecule has 0 bridgehead atoms. The van der Waals surface area contributed by atoms with E-state index in [0.29, 0.717) is 5.75 Å². The number of rotatable bonds is 3. The molecule has 1 heterocycles. The quantitative estimate of drug-likeness (QED) is 0.916. The molecular weight excluding hydrogens is 244 g/mol. The van der Waals surface area contributed by atoms with Crippen LogP contribution < -0.4 is 4.74 Å². The van der Waals surface area contributed by atoms with E-state index in [1.165, 1.54) is 12.4 Å². The van der Waals surface area contributed by atoms with Gasteiger partial charge in [-0.05, 0) is 37.5 Å². The van der Waals surface area contributed by atoms with Crippen LogP contribution in [-0.4, -0.2) is 21.0 Å². The molecule has 1 aromatic heterocycles. The molecular formula is C14H14N2O3. The zero-order chi connectivity index (χ0) is 14.0. The Hall–Kier alpha value is -2.43. The van der Waals surface area contributed by atoms with Crippen LogP contribution in [0.2, 0.25) is 0 Å².